The molecule has 39 heavy (non-hydrogen) atoms. The molecule has 204 valence electrons. The van der Waals surface area contributed by atoms with Gasteiger partial charge in [0.1, 0.15) is 11.5 Å². The maximum absolute atomic E-state index is 13.9. The maximum atomic E-state index is 13.9. The van der Waals surface area contributed by atoms with Gasteiger partial charge in [-0.05, 0) is 60.0 Å². The van der Waals surface area contributed by atoms with E-state index < -0.39 is 11.6 Å². The first kappa shape index (κ1) is 28.2. The Hall–Kier alpha value is -3.81. The van der Waals surface area contributed by atoms with Gasteiger partial charge in [0.2, 0.25) is 5.90 Å². The number of methoxy groups -OCH3 is 1. The Kier molecular flexibility index (Phi) is 9.63. The van der Waals surface area contributed by atoms with Gasteiger partial charge in [0.15, 0.2) is 11.6 Å². The van der Waals surface area contributed by atoms with E-state index in [9.17, 15) is 4.79 Å². The highest BCUT2D eigenvalue weighted by Gasteiger charge is 2.52. The maximum Gasteiger partial charge on any atom is 0.252 e. The summed E-state index contributed by atoms with van der Waals surface area (Å²) >= 11 is 6.31. The molecule has 0 spiro atoms. The second-order valence-electron chi connectivity index (χ2n) is 9.16. The second kappa shape index (κ2) is 13.3. The number of aliphatic hydroxyl groups excluding tert-OH is 1. The summed E-state index contributed by atoms with van der Waals surface area (Å²) in [7, 11) is 1.60. The van der Waals surface area contributed by atoms with Crippen molar-refractivity contribution < 1.29 is 24.1 Å². The number of benzene rings is 3. The molecule has 0 saturated heterocycles. The summed E-state index contributed by atoms with van der Waals surface area (Å²) in [5.74, 6) is 1.42. The topological polar surface area (TPSA) is 89.4 Å². The SMILES string of the molecule is C=CC[C@@]1(C(=O)NCCc2ccccc2Cl)N=C(c2ccc(OCCCO)cc2)O[C@@H]1c1cccc(OC)c1. The smallest absolute Gasteiger partial charge is 0.252 e. The highest BCUT2D eigenvalue weighted by Crippen LogP contribution is 2.43. The Labute approximate surface area is 234 Å². The van der Waals surface area contributed by atoms with E-state index in [0.29, 0.717) is 54.0 Å². The van der Waals surface area contributed by atoms with Gasteiger partial charge in [0, 0.05) is 36.6 Å². The Bertz CT molecular complexity index is 1310. The molecule has 1 heterocycles. The third-order valence-electron chi connectivity index (χ3n) is 6.52. The Morgan fingerprint density at radius 1 is 1.15 bits per heavy atom. The fourth-order valence-electron chi connectivity index (χ4n) is 4.50. The van der Waals surface area contributed by atoms with E-state index in [1.807, 2.05) is 72.8 Å². The summed E-state index contributed by atoms with van der Waals surface area (Å²) in [6.07, 6.45) is 2.37. The van der Waals surface area contributed by atoms with Crippen molar-refractivity contribution in [2.75, 3.05) is 26.9 Å². The quantitative estimate of drug-likeness (QED) is 0.223. The van der Waals surface area contributed by atoms with Crippen molar-refractivity contribution >= 4 is 23.4 Å². The van der Waals surface area contributed by atoms with Crippen molar-refractivity contribution in [1.29, 1.82) is 0 Å². The standard InChI is InChI=1S/C31H33ClN2O5/c1-3-17-31(30(36)33-18-16-22-8-4-5-11-27(22)32)28(24-9-6-10-26(21-24)37-2)39-29(34-31)23-12-14-25(15-13-23)38-20-7-19-35/h3-6,8-15,21,28,35H,1,7,16-20H2,2H3,(H,33,36)/t28-,31-/m1/s1. The molecule has 0 bridgehead atoms. The molecular weight excluding hydrogens is 516 g/mol. The van der Waals surface area contributed by atoms with Crippen molar-refractivity contribution in [3.05, 3.63) is 107 Å². The summed E-state index contributed by atoms with van der Waals surface area (Å²) in [5.41, 5.74) is 1.15. The van der Waals surface area contributed by atoms with Gasteiger partial charge in [-0.25, -0.2) is 4.99 Å². The van der Waals surface area contributed by atoms with Gasteiger partial charge in [-0.15, -0.1) is 6.58 Å². The molecule has 3 aromatic carbocycles. The molecule has 0 aliphatic carbocycles. The molecule has 8 heteroatoms. The van der Waals surface area contributed by atoms with Crippen LogP contribution in [0, 0.1) is 0 Å². The van der Waals surface area contributed by atoms with Crippen LogP contribution in [0.25, 0.3) is 0 Å². The Morgan fingerprint density at radius 3 is 2.67 bits per heavy atom. The molecular formula is C31H33ClN2O5. The predicted molar refractivity (Wildman–Crippen MR) is 153 cm³/mol. The summed E-state index contributed by atoms with van der Waals surface area (Å²) in [4.78, 5) is 18.8. The molecule has 3 aromatic rings. The molecule has 0 unspecified atom stereocenters. The van der Waals surface area contributed by atoms with Gasteiger partial charge in [0.25, 0.3) is 5.91 Å². The number of aliphatic hydroxyl groups is 1. The monoisotopic (exact) mass is 548 g/mol. The summed E-state index contributed by atoms with van der Waals surface area (Å²) < 4.78 is 17.5. The zero-order valence-corrected chi connectivity index (χ0v) is 22.7. The highest BCUT2D eigenvalue weighted by atomic mass is 35.5. The molecule has 1 amide bonds. The highest BCUT2D eigenvalue weighted by molar-refractivity contribution is 6.31. The van der Waals surface area contributed by atoms with Crippen LogP contribution in [0.3, 0.4) is 0 Å². The normalized spacial score (nSPS) is 18.1. The molecule has 2 N–H and O–H groups in total. The lowest BCUT2D eigenvalue weighted by atomic mass is 9.84. The molecule has 4 rings (SSSR count). The van der Waals surface area contributed by atoms with Crippen molar-refractivity contribution in [2.24, 2.45) is 4.99 Å². The van der Waals surface area contributed by atoms with E-state index in [1.165, 1.54) is 0 Å². The van der Waals surface area contributed by atoms with Crippen LogP contribution in [-0.4, -0.2) is 49.3 Å². The van der Waals surface area contributed by atoms with E-state index >= 15 is 0 Å². The number of nitrogens with zero attached hydrogens (tertiary/aromatic N) is 1. The summed E-state index contributed by atoms with van der Waals surface area (Å²) in [6.45, 7) is 4.79. The predicted octanol–water partition coefficient (Wildman–Crippen LogP) is 5.30. The minimum atomic E-state index is -1.28. The zero-order chi connectivity index (χ0) is 27.7. The zero-order valence-electron chi connectivity index (χ0n) is 21.9. The number of hydrogen-bond donors (Lipinski definition) is 2. The van der Waals surface area contributed by atoms with Crippen molar-refractivity contribution in [3.8, 4) is 11.5 Å². The Morgan fingerprint density at radius 2 is 1.95 bits per heavy atom. The molecule has 0 saturated carbocycles. The molecule has 0 fully saturated rings. The molecule has 1 aliphatic rings. The van der Waals surface area contributed by atoms with Crippen LogP contribution in [0.2, 0.25) is 5.02 Å². The Balaban J connectivity index is 1.64. The van der Waals surface area contributed by atoms with Gasteiger partial charge in [-0.2, -0.15) is 0 Å². The summed E-state index contributed by atoms with van der Waals surface area (Å²) in [6, 6.07) is 22.4. The van der Waals surface area contributed by atoms with Crippen LogP contribution in [0.15, 0.2) is 90.4 Å². The van der Waals surface area contributed by atoms with Crippen LogP contribution in [-0.2, 0) is 16.0 Å². The van der Waals surface area contributed by atoms with Gasteiger partial charge < -0.3 is 24.6 Å². The van der Waals surface area contributed by atoms with E-state index in [2.05, 4.69) is 11.9 Å². The van der Waals surface area contributed by atoms with E-state index in [-0.39, 0.29) is 18.9 Å². The summed E-state index contributed by atoms with van der Waals surface area (Å²) in [5, 5.41) is 12.7. The van der Waals surface area contributed by atoms with Crippen LogP contribution in [0.4, 0.5) is 0 Å². The number of ether oxygens (including phenoxy) is 3. The average Bonchev–Trinajstić information content (AvgIpc) is 3.35. The van der Waals surface area contributed by atoms with Crippen molar-refractivity contribution in [2.45, 2.75) is 30.9 Å². The third kappa shape index (κ3) is 6.61. The number of nitrogens with one attached hydrogen (secondary N) is 1. The number of carbonyl (C=O) groups is 1. The number of hydrogen-bond acceptors (Lipinski definition) is 6. The van der Waals surface area contributed by atoms with E-state index in [1.54, 1.807) is 13.2 Å². The number of carbonyl (C=O) groups excluding carboxylic acids is 1. The lowest BCUT2D eigenvalue weighted by Crippen LogP contribution is -2.48. The fourth-order valence-corrected chi connectivity index (χ4v) is 4.73. The van der Waals surface area contributed by atoms with Crippen molar-refractivity contribution in [1.82, 2.24) is 5.32 Å². The fraction of sp³-hybridized carbons (Fsp3) is 0.290. The minimum absolute atomic E-state index is 0.0697. The van der Waals surface area contributed by atoms with Gasteiger partial charge >= 0.3 is 0 Å². The van der Waals surface area contributed by atoms with Crippen LogP contribution >= 0.6 is 11.6 Å². The van der Waals surface area contributed by atoms with Gasteiger partial charge in [-0.3, -0.25) is 4.79 Å². The van der Waals surface area contributed by atoms with Crippen LogP contribution < -0.4 is 14.8 Å². The molecule has 2 atom stereocenters. The first-order chi connectivity index (χ1) is 19.0. The molecule has 0 radical (unpaired) electrons. The number of rotatable bonds is 13. The lowest BCUT2D eigenvalue weighted by molar-refractivity contribution is -0.128. The molecule has 1 aliphatic heterocycles. The van der Waals surface area contributed by atoms with Crippen LogP contribution in [0.5, 0.6) is 11.5 Å². The second-order valence-corrected chi connectivity index (χ2v) is 9.56. The van der Waals surface area contributed by atoms with Gasteiger partial charge in [0.05, 0.1) is 13.7 Å². The molecule has 7 nitrogen and oxygen atoms in total. The molecule has 0 aromatic heterocycles. The number of aliphatic imine (C=N–C) groups is 1. The van der Waals surface area contributed by atoms with Crippen LogP contribution in [0.1, 0.15) is 35.6 Å². The van der Waals surface area contributed by atoms with E-state index in [0.717, 1.165) is 11.1 Å². The average molecular weight is 549 g/mol. The number of amides is 1. The van der Waals surface area contributed by atoms with Gasteiger partial charge in [-0.1, -0.05) is 48.0 Å². The first-order valence-electron chi connectivity index (χ1n) is 12.9. The first-order valence-corrected chi connectivity index (χ1v) is 13.3. The largest absolute Gasteiger partial charge is 0.497 e. The third-order valence-corrected chi connectivity index (χ3v) is 6.89. The van der Waals surface area contributed by atoms with Crippen molar-refractivity contribution in [3.63, 3.8) is 0 Å². The minimum Gasteiger partial charge on any atom is -0.497 e. The lowest BCUT2D eigenvalue weighted by Gasteiger charge is -2.30. The van der Waals surface area contributed by atoms with E-state index in [4.69, 9.17) is 35.9 Å². The number of halogens is 1.